The Hall–Kier alpha value is -1.36. The van der Waals surface area contributed by atoms with Crippen LogP contribution in [0.1, 0.15) is 49.4 Å². The average Bonchev–Trinajstić information content (AvgIpc) is 2.90. The van der Waals surface area contributed by atoms with Crippen molar-refractivity contribution in [3.63, 3.8) is 0 Å². The quantitative estimate of drug-likeness (QED) is 0.851. The molecule has 1 aliphatic rings. The van der Waals surface area contributed by atoms with Crippen LogP contribution in [0.3, 0.4) is 0 Å². The third-order valence-corrected chi connectivity index (χ3v) is 3.65. The molecule has 3 N–H and O–H groups in total. The van der Waals surface area contributed by atoms with Gasteiger partial charge in [-0.2, -0.15) is 5.10 Å². The molecule has 0 saturated heterocycles. The van der Waals surface area contributed by atoms with Crippen LogP contribution >= 0.6 is 0 Å². The van der Waals surface area contributed by atoms with Gasteiger partial charge < -0.3 is 10.6 Å². The van der Waals surface area contributed by atoms with Crippen molar-refractivity contribution in [1.29, 1.82) is 0 Å². The minimum atomic E-state index is 0.0890. The smallest absolute Gasteiger partial charge is 0.257 e. The zero-order valence-electron chi connectivity index (χ0n) is 10.9. The monoisotopic (exact) mass is 250 g/mol. The lowest BCUT2D eigenvalue weighted by Crippen LogP contribution is -2.44. The van der Waals surface area contributed by atoms with Gasteiger partial charge in [-0.25, -0.2) is 0 Å². The van der Waals surface area contributed by atoms with E-state index >= 15 is 0 Å². The fourth-order valence-corrected chi connectivity index (χ4v) is 2.64. The topological polar surface area (TPSA) is 75.0 Å². The van der Waals surface area contributed by atoms with E-state index in [2.05, 4.69) is 17.1 Å². The third-order valence-electron chi connectivity index (χ3n) is 3.65. The number of nitrogens with one attached hydrogen (secondary N) is 1. The minimum absolute atomic E-state index is 0.0890. The lowest BCUT2D eigenvalue weighted by atomic mass is 9.90. The van der Waals surface area contributed by atoms with Crippen LogP contribution in [0.4, 0.5) is 0 Å². The van der Waals surface area contributed by atoms with E-state index in [1.54, 1.807) is 12.4 Å². The van der Waals surface area contributed by atoms with Crippen molar-refractivity contribution in [2.45, 2.75) is 51.1 Å². The zero-order valence-corrected chi connectivity index (χ0v) is 10.9. The van der Waals surface area contributed by atoms with Crippen molar-refractivity contribution in [3.05, 3.63) is 18.0 Å². The number of aromatic amines is 1. The summed E-state index contributed by atoms with van der Waals surface area (Å²) in [6.07, 6.45) is 8.31. The molecular weight excluding hydrogens is 228 g/mol. The van der Waals surface area contributed by atoms with Crippen LogP contribution in [0.15, 0.2) is 12.4 Å². The molecule has 0 spiro atoms. The molecule has 0 aliphatic heterocycles. The highest BCUT2D eigenvalue weighted by Crippen LogP contribution is 2.23. The number of aromatic nitrogens is 2. The van der Waals surface area contributed by atoms with Gasteiger partial charge in [0.2, 0.25) is 0 Å². The molecule has 1 aliphatic carbocycles. The number of nitrogens with zero attached hydrogens (tertiary/aromatic N) is 2. The summed E-state index contributed by atoms with van der Waals surface area (Å²) in [7, 11) is 0. The summed E-state index contributed by atoms with van der Waals surface area (Å²) in [4.78, 5) is 14.4. The van der Waals surface area contributed by atoms with Gasteiger partial charge in [-0.15, -0.1) is 0 Å². The van der Waals surface area contributed by atoms with E-state index in [-0.39, 0.29) is 5.91 Å². The Bertz CT molecular complexity index is 368. The van der Waals surface area contributed by atoms with Crippen molar-refractivity contribution in [3.8, 4) is 0 Å². The molecule has 2 rings (SSSR count). The van der Waals surface area contributed by atoms with Gasteiger partial charge in [0, 0.05) is 24.8 Å². The van der Waals surface area contributed by atoms with E-state index in [0.29, 0.717) is 17.6 Å². The minimum Gasteiger partial charge on any atom is -0.336 e. The number of nitrogens with two attached hydrogens (primary N) is 1. The fraction of sp³-hybridized carbons (Fsp3) is 0.692. The molecule has 18 heavy (non-hydrogen) atoms. The Balaban J connectivity index is 2.05. The maximum absolute atomic E-state index is 12.4. The van der Waals surface area contributed by atoms with Gasteiger partial charge in [0.1, 0.15) is 0 Å². The number of carbonyl (C=O) groups excluding carboxylic acids is 1. The Morgan fingerprint density at radius 2 is 2.22 bits per heavy atom. The first-order valence-corrected chi connectivity index (χ1v) is 6.77. The predicted octanol–water partition coefficient (Wildman–Crippen LogP) is 1.53. The van der Waals surface area contributed by atoms with Gasteiger partial charge in [-0.1, -0.05) is 6.92 Å². The number of H-pyrrole nitrogens is 1. The number of rotatable bonds is 4. The van der Waals surface area contributed by atoms with Gasteiger partial charge >= 0.3 is 0 Å². The molecule has 100 valence electrons. The largest absolute Gasteiger partial charge is 0.336 e. The number of hydrogen-bond acceptors (Lipinski definition) is 3. The van der Waals surface area contributed by atoms with E-state index in [4.69, 9.17) is 5.73 Å². The molecule has 0 unspecified atom stereocenters. The van der Waals surface area contributed by atoms with Crippen molar-refractivity contribution in [2.24, 2.45) is 5.73 Å². The summed E-state index contributed by atoms with van der Waals surface area (Å²) < 4.78 is 0. The fourth-order valence-electron chi connectivity index (χ4n) is 2.64. The van der Waals surface area contributed by atoms with Crippen molar-refractivity contribution in [1.82, 2.24) is 15.1 Å². The highest BCUT2D eigenvalue weighted by Gasteiger charge is 2.28. The first-order valence-electron chi connectivity index (χ1n) is 6.77. The average molecular weight is 250 g/mol. The van der Waals surface area contributed by atoms with Crippen molar-refractivity contribution >= 4 is 5.91 Å². The van der Waals surface area contributed by atoms with Gasteiger partial charge in [0.05, 0.1) is 11.8 Å². The number of hydrogen-bond donors (Lipinski definition) is 2. The summed E-state index contributed by atoms with van der Waals surface area (Å²) >= 11 is 0. The normalized spacial score (nSPS) is 23.9. The van der Waals surface area contributed by atoms with Crippen LogP contribution in [-0.2, 0) is 0 Å². The van der Waals surface area contributed by atoms with Crippen LogP contribution in [0.2, 0.25) is 0 Å². The Kier molecular flexibility index (Phi) is 4.36. The molecular formula is C13H22N4O. The maximum atomic E-state index is 12.4. The second-order valence-electron chi connectivity index (χ2n) is 5.05. The summed E-state index contributed by atoms with van der Waals surface area (Å²) in [6, 6.07) is 0.654. The maximum Gasteiger partial charge on any atom is 0.257 e. The molecule has 1 heterocycles. The van der Waals surface area contributed by atoms with Crippen molar-refractivity contribution in [2.75, 3.05) is 6.54 Å². The van der Waals surface area contributed by atoms with Crippen LogP contribution in [0.25, 0.3) is 0 Å². The SMILES string of the molecule is CCCN(C(=O)c1cn[nH]c1)C1CCC(N)CC1. The highest BCUT2D eigenvalue weighted by atomic mass is 16.2. The molecule has 1 saturated carbocycles. The summed E-state index contributed by atoms with van der Waals surface area (Å²) in [5.41, 5.74) is 6.57. The predicted molar refractivity (Wildman–Crippen MR) is 70.1 cm³/mol. The second kappa shape index (κ2) is 6.00. The summed E-state index contributed by atoms with van der Waals surface area (Å²) in [5.74, 6) is 0.0890. The zero-order chi connectivity index (χ0) is 13.0. The van der Waals surface area contributed by atoms with Crippen LogP contribution in [0, 0.1) is 0 Å². The molecule has 1 aromatic rings. The summed E-state index contributed by atoms with van der Waals surface area (Å²) in [5, 5.41) is 6.55. The second-order valence-corrected chi connectivity index (χ2v) is 5.05. The van der Waals surface area contributed by atoms with E-state index in [0.717, 1.165) is 38.6 Å². The Labute approximate surface area is 108 Å². The molecule has 0 radical (unpaired) electrons. The highest BCUT2D eigenvalue weighted by molar-refractivity contribution is 5.93. The summed E-state index contributed by atoms with van der Waals surface area (Å²) in [6.45, 7) is 2.91. The van der Waals surface area contributed by atoms with E-state index in [1.807, 2.05) is 4.90 Å². The molecule has 0 bridgehead atoms. The van der Waals surface area contributed by atoms with Gasteiger partial charge in [-0.3, -0.25) is 9.89 Å². The lowest BCUT2D eigenvalue weighted by molar-refractivity contribution is 0.0627. The van der Waals surface area contributed by atoms with Crippen molar-refractivity contribution < 1.29 is 4.79 Å². The Morgan fingerprint density at radius 3 is 2.78 bits per heavy atom. The molecule has 0 atom stereocenters. The molecule has 5 nitrogen and oxygen atoms in total. The third kappa shape index (κ3) is 2.90. The van der Waals surface area contributed by atoms with Crippen LogP contribution < -0.4 is 5.73 Å². The molecule has 1 aromatic heterocycles. The van der Waals surface area contributed by atoms with E-state index < -0.39 is 0 Å². The number of amides is 1. The Morgan fingerprint density at radius 1 is 1.50 bits per heavy atom. The lowest BCUT2D eigenvalue weighted by Gasteiger charge is -2.35. The first-order chi connectivity index (χ1) is 8.72. The van der Waals surface area contributed by atoms with Crippen LogP contribution in [0.5, 0.6) is 0 Å². The molecule has 5 heteroatoms. The first kappa shape index (κ1) is 13.1. The van der Waals surface area contributed by atoms with Gasteiger partial charge in [-0.05, 0) is 32.1 Å². The van der Waals surface area contributed by atoms with Crippen LogP contribution in [-0.4, -0.2) is 39.6 Å². The van der Waals surface area contributed by atoms with Gasteiger partial charge in [0.25, 0.3) is 5.91 Å². The molecule has 1 fully saturated rings. The standard InChI is InChI=1S/C13H22N4O/c1-2-7-17(12-5-3-11(14)4-6-12)13(18)10-8-15-16-9-10/h8-9,11-12H,2-7,14H2,1H3,(H,15,16). The van der Waals surface area contributed by atoms with Gasteiger partial charge in [0.15, 0.2) is 0 Å². The number of carbonyl (C=O) groups is 1. The van der Waals surface area contributed by atoms with E-state index in [9.17, 15) is 4.79 Å². The molecule has 1 amide bonds. The molecule has 0 aromatic carbocycles. The van der Waals surface area contributed by atoms with E-state index in [1.165, 1.54) is 0 Å².